The molecule has 0 amide bonds. The first kappa shape index (κ1) is 22.5. The molecule has 3 rings (SSSR count). The van der Waals surface area contributed by atoms with Gasteiger partial charge in [0.1, 0.15) is 17.1 Å². The van der Waals surface area contributed by atoms with E-state index in [-0.39, 0.29) is 23.5 Å². The smallest absolute Gasteiger partial charge is 0.336 e. The Morgan fingerprint density at radius 1 is 1.03 bits per heavy atom. The van der Waals surface area contributed by atoms with E-state index in [4.69, 9.17) is 11.6 Å². The third-order valence-corrected chi connectivity index (χ3v) is 8.33. The van der Waals surface area contributed by atoms with Gasteiger partial charge in [0.25, 0.3) is 0 Å². The van der Waals surface area contributed by atoms with Gasteiger partial charge in [-0.15, -0.1) is 0 Å². The van der Waals surface area contributed by atoms with E-state index in [1.807, 2.05) is 30.3 Å². The van der Waals surface area contributed by atoms with E-state index in [2.05, 4.69) is 15.9 Å². The van der Waals surface area contributed by atoms with Crippen molar-refractivity contribution in [3.8, 4) is 0 Å². The van der Waals surface area contributed by atoms with Crippen molar-refractivity contribution in [3.63, 3.8) is 0 Å². The average molecular weight is 510 g/mol. The van der Waals surface area contributed by atoms with Crippen LogP contribution < -0.4 is 3.89 Å². The molecule has 0 saturated carbocycles. The summed E-state index contributed by atoms with van der Waals surface area (Å²) in [5.41, 5.74) is 1.28. The first-order valence-corrected chi connectivity index (χ1v) is 11.8. The van der Waals surface area contributed by atoms with Crippen LogP contribution in [-0.4, -0.2) is 26.0 Å². The quantitative estimate of drug-likeness (QED) is 0.414. The second-order valence-corrected chi connectivity index (χ2v) is 10.2. The standard InChI is InChI=1S/C22H19BrClNO4S/c1-2-25(15-16-6-4-3-5-7-16,18-10-8-17(24)9-11-18)30(28,29)19-12-13-21(23)20(14-19)22(26)27/h3-14H,2,15H2,1H3/p+1. The number of halogens is 2. The molecule has 0 heterocycles. The number of quaternary nitrogens is 1. The molecule has 1 N–H and O–H groups in total. The predicted molar refractivity (Wildman–Crippen MR) is 122 cm³/mol. The summed E-state index contributed by atoms with van der Waals surface area (Å²) in [6, 6.07) is 20.1. The number of hydrogen-bond donors (Lipinski definition) is 1. The Hall–Kier alpha value is -2.19. The van der Waals surface area contributed by atoms with E-state index < -0.39 is 19.9 Å². The summed E-state index contributed by atoms with van der Waals surface area (Å²) in [6.07, 6.45) is 0. The van der Waals surface area contributed by atoms with Crippen molar-refractivity contribution in [3.05, 3.63) is 93.4 Å². The third kappa shape index (κ3) is 4.16. The topological polar surface area (TPSA) is 71.4 Å². The van der Waals surface area contributed by atoms with E-state index in [0.29, 0.717) is 15.2 Å². The maximum atomic E-state index is 14.0. The fraction of sp³-hybridized carbons (Fsp3) is 0.136. The zero-order valence-electron chi connectivity index (χ0n) is 16.1. The summed E-state index contributed by atoms with van der Waals surface area (Å²) in [5, 5.41) is 9.96. The lowest BCUT2D eigenvalue weighted by Gasteiger charge is -2.35. The summed E-state index contributed by atoms with van der Waals surface area (Å²) in [4.78, 5) is 11.5. The molecule has 0 radical (unpaired) electrons. The van der Waals surface area contributed by atoms with Gasteiger partial charge < -0.3 is 5.11 Å². The summed E-state index contributed by atoms with van der Waals surface area (Å²) in [7, 11) is -4.04. The summed E-state index contributed by atoms with van der Waals surface area (Å²) < 4.78 is 27.9. The molecule has 1 atom stereocenters. The molecule has 8 heteroatoms. The van der Waals surface area contributed by atoms with Gasteiger partial charge in [-0.25, -0.2) is 4.79 Å². The number of sulfonamides is 1. The van der Waals surface area contributed by atoms with Crippen LogP contribution >= 0.6 is 27.5 Å². The molecule has 3 aromatic carbocycles. The Kier molecular flexibility index (Phi) is 6.67. The second-order valence-electron chi connectivity index (χ2n) is 6.75. The molecule has 30 heavy (non-hydrogen) atoms. The van der Waals surface area contributed by atoms with Crippen LogP contribution in [-0.2, 0) is 16.6 Å². The molecule has 0 bridgehead atoms. The molecule has 0 aliphatic carbocycles. The van der Waals surface area contributed by atoms with Crippen molar-refractivity contribution in [2.45, 2.75) is 18.4 Å². The SMILES string of the molecule is CC[N+](Cc1ccccc1)(c1ccc(Cl)cc1)S(=O)(=O)c1ccc(Br)c(C(=O)O)c1. The van der Waals surface area contributed by atoms with Crippen molar-refractivity contribution in [1.82, 2.24) is 3.89 Å². The zero-order valence-corrected chi connectivity index (χ0v) is 19.3. The Balaban J connectivity index is 2.26. The van der Waals surface area contributed by atoms with Crippen LogP contribution in [0.1, 0.15) is 22.8 Å². The van der Waals surface area contributed by atoms with E-state index in [9.17, 15) is 18.3 Å². The van der Waals surface area contributed by atoms with Crippen LogP contribution in [0.4, 0.5) is 5.69 Å². The lowest BCUT2D eigenvalue weighted by atomic mass is 10.2. The monoisotopic (exact) mass is 508 g/mol. The number of nitrogens with zero attached hydrogens (tertiary/aromatic N) is 1. The maximum absolute atomic E-state index is 14.0. The molecular weight excluding hydrogens is 490 g/mol. The zero-order chi connectivity index (χ0) is 21.9. The summed E-state index contributed by atoms with van der Waals surface area (Å²) in [5.74, 6) is -1.21. The molecular formula is C22H20BrClNO4S+. The first-order valence-electron chi connectivity index (χ1n) is 9.16. The summed E-state index contributed by atoms with van der Waals surface area (Å²) in [6.45, 7) is 2.21. The maximum Gasteiger partial charge on any atom is 0.336 e. The van der Waals surface area contributed by atoms with E-state index in [1.54, 1.807) is 31.2 Å². The van der Waals surface area contributed by atoms with E-state index >= 15 is 0 Å². The molecule has 3 aromatic rings. The molecule has 0 aromatic heterocycles. The van der Waals surface area contributed by atoms with Crippen molar-refractivity contribution < 1.29 is 18.3 Å². The molecule has 0 fully saturated rings. The lowest BCUT2D eigenvalue weighted by molar-refractivity contribution is 0.0695. The Bertz CT molecular complexity index is 1170. The van der Waals surface area contributed by atoms with Crippen LogP contribution in [0.3, 0.4) is 0 Å². The highest BCUT2D eigenvalue weighted by atomic mass is 79.9. The molecule has 1 unspecified atom stereocenters. The van der Waals surface area contributed by atoms with Gasteiger partial charge in [0.05, 0.1) is 12.1 Å². The van der Waals surface area contributed by atoms with Gasteiger partial charge in [-0.1, -0.05) is 41.9 Å². The largest absolute Gasteiger partial charge is 0.478 e. The van der Waals surface area contributed by atoms with Crippen molar-refractivity contribution in [2.24, 2.45) is 0 Å². The minimum Gasteiger partial charge on any atom is -0.478 e. The molecule has 156 valence electrons. The van der Waals surface area contributed by atoms with Crippen LogP contribution in [0.15, 0.2) is 82.2 Å². The van der Waals surface area contributed by atoms with E-state index in [1.165, 1.54) is 18.2 Å². The van der Waals surface area contributed by atoms with Crippen molar-refractivity contribution >= 4 is 49.2 Å². The number of carboxylic acids is 1. The number of aromatic carboxylic acids is 1. The van der Waals surface area contributed by atoms with Gasteiger partial charge >= 0.3 is 16.0 Å². The highest BCUT2D eigenvalue weighted by molar-refractivity contribution is 9.10. The van der Waals surface area contributed by atoms with Gasteiger partial charge in [0.15, 0.2) is 0 Å². The third-order valence-electron chi connectivity index (χ3n) is 5.02. The fourth-order valence-corrected chi connectivity index (χ4v) is 5.91. The van der Waals surface area contributed by atoms with Gasteiger partial charge in [-0.3, -0.25) is 0 Å². The average Bonchev–Trinajstić information content (AvgIpc) is 2.73. The first-order chi connectivity index (χ1) is 14.2. The number of carbonyl (C=O) groups is 1. The Labute approximate surface area is 189 Å². The number of carboxylic acid groups (broad SMARTS) is 1. The normalized spacial score (nSPS) is 13.6. The van der Waals surface area contributed by atoms with E-state index in [0.717, 1.165) is 5.56 Å². The number of rotatable bonds is 7. The molecule has 0 saturated heterocycles. The van der Waals surface area contributed by atoms with Crippen molar-refractivity contribution in [1.29, 1.82) is 0 Å². The van der Waals surface area contributed by atoms with Crippen LogP contribution in [0.2, 0.25) is 5.02 Å². The second kappa shape index (κ2) is 8.89. The lowest BCUT2D eigenvalue weighted by Crippen LogP contribution is -2.53. The minimum absolute atomic E-state index is 0.0594. The fourth-order valence-electron chi connectivity index (χ4n) is 3.40. The van der Waals surface area contributed by atoms with Crippen LogP contribution in [0.25, 0.3) is 0 Å². The highest BCUT2D eigenvalue weighted by Crippen LogP contribution is 2.36. The highest BCUT2D eigenvalue weighted by Gasteiger charge is 2.44. The Morgan fingerprint density at radius 2 is 1.67 bits per heavy atom. The van der Waals surface area contributed by atoms with Gasteiger partial charge in [0.2, 0.25) is 0 Å². The summed E-state index contributed by atoms with van der Waals surface area (Å²) >= 11 is 9.22. The van der Waals surface area contributed by atoms with Gasteiger partial charge in [-0.2, -0.15) is 12.3 Å². The molecule has 0 aliphatic heterocycles. The number of hydrogen-bond acceptors (Lipinski definition) is 3. The van der Waals surface area contributed by atoms with Crippen molar-refractivity contribution in [2.75, 3.05) is 6.54 Å². The molecule has 0 aliphatic rings. The van der Waals surface area contributed by atoms with Crippen LogP contribution in [0.5, 0.6) is 0 Å². The van der Waals surface area contributed by atoms with Gasteiger partial charge in [0, 0.05) is 27.2 Å². The Morgan fingerprint density at radius 3 is 2.23 bits per heavy atom. The predicted octanol–water partition coefficient (Wildman–Crippen LogP) is 5.72. The van der Waals surface area contributed by atoms with Crippen LogP contribution in [0, 0.1) is 0 Å². The number of benzene rings is 3. The molecule has 5 nitrogen and oxygen atoms in total. The van der Waals surface area contributed by atoms with Gasteiger partial charge in [-0.05, 0) is 53.2 Å². The molecule has 0 spiro atoms. The minimum atomic E-state index is -4.04.